The highest BCUT2D eigenvalue weighted by Crippen LogP contribution is 2.10. The van der Waals surface area contributed by atoms with Gasteiger partial charge in [-0.15, -0.1) is 0 Å². The number of aromatic nitrogens is 2. The topological polar surface area (TPSA) is 69.2 Å². The number of carbonyl (C=O) groups excluding carboxylic acids is 2. The van der Waals surface area contributed by atoms with Crippen molar-refractivity contribution in [2.45, 2.75) is 13.3 Å². The average molecular weight is 244 g/mol. The van der Waals surface area contributed by atoms with Crippen molar-refractivity contribution in [3.8, 4) is 0 Å². The van der Waals surface area contributed by atoms with Gasteiger partial charge in [0, 0.05) is 23.5 Å². The normalized spacial score (nSPS) is 10.3. The molecule has 0 radical (unpaired) electrons. The second kappa shape index (κ2) is 5.35. The van der Waals surface area contributed by atoms with Gasteiger partial charge in [0.05, 0.1) is 18.5 Å². The lowest BCUT2D eigenvalue weighted by Gasteiger charge is -2.02. The number of fused-ring (bicyclic) bond motifs is 1. The maximum Gasteiger partial charge on any atom is 0.375 e. The van der Waals surface area contributed by atoms with E-state index >= 15 is 0 Å². The van der Waals surface area contributed by atoms with E-state index in [4.69, 9.17) is 0 Å². The first kappa shape index (κ1) is 12.2. The van der Waals surface area contributed by atoms with Crippen LogP contribution < -0.4 is 0 Å². The minimum atomic E-state index is -0.811. The van der Waals surface area contributed by atoms with Gasteiger partial charge in [0.2, 0.25) is 5.78 Å². The molecule has 0 aliphatic heterocycles. The van der Waals surface area contributed by atoms with Crippen molar-refractivity contribution in [1.29, 1.82) is 0 Å². The Bertz CT molecular complexity index is 596. The third kappa shape index (κ3) is 2.68. The van der Waals surface area contributed by atoms with E-state index in [1.807, 2.05) is 6.07 Å². The van der Waals surface area contributed by atoms with Crippen LogP contribution in [0.5, 0.6) is 0 Å². The first-order valence-corrected chi connectivity index (χ1v) is 5.60. The number of nitrogens with zero attached hydrogens (tertiary/aromatic N) is 2. The molecule has 0 aromatic carbocycles. The highest BCUT2D eigenvalue weighted by Gasteiger charge is 2.16. The van der Waals surface area contributed by atoms with Crippen LogP contribution in [0.3, 0.4) is 0 Å². The third-order valence-electron chi connectivity index (χ3n) is 2.39. The van der Waals surface area contributed by atoms with Gasteiger partial charge in [0.1, 0.15) is 0 Å². The second-order valence-electron chi connectivity index (χ2n) is 3.69. The number of Topliss-reactive ketones (excluding diaryl/α,β-unsaturated/α-hetero) is 1. The molecule has 0 fully saturated rings. The highest BCUT2D eigenvalue weighted by molar-refractivity contribution is 6.34. The van der Waals surface area contributed by atoms with Crippen molar-refractivity contribution >= 4 is 22.7 Å². The molecule has 2 heterocycles. The van der Waals surface area contributed by atoms with E-state index in [2.05, 4.69) is 14.7 Å². The molecule has 2 rings (SSSR count). The standard InChI is InChI=1S/C13H12N2O3/c1-2-18-13(17)12(16)7-10-4-3-9-8-14-6-5-11(9)15-10/h3-6,8H,2,7H2,1H3. The summed E-state index contributed by atoms with van der Waals surface area (Å²) >= 11 is 0. The van der Waals surface area contributed by atoms with E-state index in [-0.39, 0.29) is 13.0 Å². The lowest BCUT2D eigenvalue weighted by molar-refractivity contribution is -0.153. The van der Waals surface area contributed by atoms with Gasteiger partial charge in [-0.2, -0.15) is 0 Å². The Labute approximate surface area is 104 Å². The molecule has 0 saturated carbocycles. The molecule has 5 heteroatoms. The highest BCUT2D eigenvalue weighted by atomic mass is 16.5. The number of hydrogen-bond donors (Lipinski definition) is 0. The predicted octanol–water partition coefficient (Wildman–Crippen LogP) is 1.30. The molecule has 2 aromatic rings. The van der Waals surface area contributed by atoms with Crippen LogP contribution in [0.2, 0.25) is 0 Å². The molecular weight excluding hydrogens is 232 g/mol. The Morgan fingerprint density at radius 1 is 1.28 bits per heavy atom. The Hall–Kier alpha value is -2.30. The molecule has 2 aromatic heterocycles. The lowest BCUT2D eigenvalue weighted by atomic mass is 10.1. The number of ketones is 1. The van der Waals surface area contributed by atoms with Crippen LogP contribution >= 0.6 is 0 Å². The zero-order valence-corrected chi connectivity index (χ0v) is 9.92. The monoisotopic (exact) mass is 244 g/mol. The average Bonchev–Trinajstić information content (AvgIpc) is 2.39. The van der Waals surface area contributed by atoms with E-state index in [1.165, 1.54) is 0 Å². The molecule has 0 bridgehead atoms. The Morgan fingerprint density at radius 3 is 2.89 bits per heavy atom. The molecule has 0 spiro atoms. The summed E-state index contributed by atoms with van der Waals surface area (Å²) in [6.07, 6.45) is 3.28. The Morgan fingerprint density at radius 2 is 2.11 bits per heavy atom. The van der Waals surface area contributed by atoms with Gasteiger partial charge < -0.3 is 4.74 Å². The molecule has 0 saturated heterocycles. The molecule has 0 amide bonds. The maximum absolute atomic E-state index is 11.5. The second-order valence-corrected chi connectivity index (χ2v) is 3.69. The fourth-order valence-corrected chi connectivity index (χ4v) is 1.55. The zero-order chi connectivity index (χ0) is 13.0. The zero-order valence-electron chi connectivity index (χ0n) is 9.92. The van der Waals surface area contributed by atoms with Gasteiger partial charge >= 0.3 is 5.97 Å². The van der Waals surface area contributed by atoms with E-state index in [1.54, 1.807) is 31.5 Å². The molecule has 92 valence electrons. The van der Waals surface area contributed by atoms with Crippen LogP contribution in [0.4, 0.5) is 0 Å². The molecule has 0 unspecified atom stereocenters. The fraction of sp³-hybridized carbons (Fsp3) is 0.231. The minimum Gasteiger partial charge on any atom is -0.460 e. The molecule has 0 aliphatic carbocycles. The van der Waals surface area contributed by atoms with Gasteiger partial charge in [-0.1, -0.05) is 0 Å². The minimum absolute atomic E-state index is 0.0445. The summed E-state index contributed by atoms with van der Waals surface area (Å²) in [7, 11) is 0. The quantitative estimate of drug-likeness (QED) is 0.599. The SMILES string of the molecule is CCOC(=O)C(=O)Cc1ccc2cnccc2n1. The number of rotatable bonds is 4. The molecule has 0 N–H and O–H groups in total. The van der Waals surface area contributed by atoms with Crippen molar-refractivity contribution in [3.63, 3.8) is 0 Å². The van der Waals surface area contributed by atoms with Gasteiger partial charge in [-0.3, -0.25) is 14.8 Å². The Balaban J connectivity index is 2.17. The summed E-state index contributed by atoms with van der Waals surface area (Å²) in [6.45, 7) is 1.86. The molecule has 0 aliphatic rings. The fourth-order valence-electron chi connectivity index (χ4n) is 1.55. The van der Waals surface area contributed by atoms with Crippen LogP contribution in [0, 0.1) is 0 Å². The predicted molar refractivity (Wildman–Crippen MR) is 64.9 cm³/mol. The van der Waals surface area contributed by atoms with Crippen molar-refractivity contribution in [3.05, 3.63) is 36.3 Å². The summed E-state index contributed by atoms with van der Waals surface area (Å²) in [6, 6.07) is 5.29. The van der Waals surface area contributed by atoms with Crippen LogP contribution in [0.15, 0.2) is 30.6 Å². The first-order chi connectivity index (χ1) is 8.70. The summed E-state index contributed by atoms with van der Waals surface area (Å²) < 4.78 is 4.64. The third-order valence-corrected chi connectivity index (χ3v) is 2.39. The van der Waals surface area contributed by atoms with Crippen LogP contribution in [-0.4, -0.2) is 28.3 Å². The number of carbonyl (C=O) groups is 2. The molecular formula is C13H12N2O3. The summed E-state index contributed by atoms with van der Waals surface area (Å²) in [5.74, 6) is -1.40. The lowest BCUT2D eigenvalue weighted by Crippen LogP contribution is -2.19. The van der Waals surface area contributed by atoms with E-state index in [9.17, 15) is 9.59 Å². The Kier molecular flexibility index (Phi) is 3.62. The smallest absolute Gasteiger partial charge is 0.375 e. The molecule has 5 nitrogen and oxygen atoms in total. The summed E-state index contributed by atoms with van der Waals surface area (Å²) in [4.78, 5) is 31.0. The van der Waals surface area contributed by atoms with Gasteiger partial charge in [0.25, 0.3) is 0 Å². The molecule has 18 heavy (non-hydrogen) atoms. The van der Waals surface area contributed by atoms with Crippen LogP contribution in [0.25, 0.3) is 10.9 Å². The van der Waals surface area contributed by atoms with E-state index in [0.29, 0.717) is 5.69 Å². The maximum atomic E-state index is 11.5. The van der Waals surface area contributed by atoms with Crippen molar-refractivity contribution < 1.29 is 14.3 Å². The summed E-state index contributed by atoms with van der Waals surface area (Å²) in [5.41, 5.74) is 1.30. The van der Waals surface area contributed by atoms with E-state index in [0.717, 1.165) is 10.9 Å². The summed E-state index contributed by atoms with van der Waals surface area (Å²) in [5, 5.41) is 0.893. The van der Waals surface area contributed by atoms with Gasteiger partial charge in [-0.05, 0) is 25.1 Å². The van der Waals surface area contributed by atoms with Crippen molar-refractivity contribution in [2.24, 2.45) is 0 Å². The van der Waals surface area contributed by atoms with E-state index < -0.39 is 11.8 Å². The number of hydrogen-bond acceptors (Lipinski definition) is 5. The molecule has 0 atom stereocenters. The van der Waals surface area contributed by atoms with Crippen LogP contribution in [0.1, 0.15) is 12.6 Å². The number of esters is 1. The van der Waals surface area contributed by atoms with Crippen LogP contribution in [-0.2, 0) is 20.7 Å². The van der Waals surface area contributed by atoms with Crippen molar-refractivity contribution in [2.75, 3.05) is 6.61 Å². The van der Waals surface area contributed by atoms with Gasteiger partial charge in [0.15, 0.2) is 0 Å². The largest absolute Gasteiger partial charge is 0.460 e. The first-order valence-electron chi connectivity index (χ1n) is 5.60. The number of ether oxygens (including phenoxy) is 1. The number of pyridine rings is 2. The van der Waals surface area contributed by atoms with Crippen molar-refractivity contribution in [1.82, 2.24) is 9.97 Å². The van der Waals surface area contributed by atoms with Gasteiger partial charge in [-0.25, -0.2) is 4.79 Å².